The molecule has 0 radical (unpaired) electrons. The molecule has 0 amide bonds. The van der Waals surface area contributed by atoms with Crippen LogP contribution in [0.3, 0.4) is 0 Å². The number of oxime groups is 1. The molecule has 8 nitrogen and oxygen atoms in total. The fraction of sp³-hybridized carbons (Fsp3) is 0.333. The number of hydrogen-bond donors (Lipinski definition) is 0. The first-order valence-corrected chi connectivity index (χ1v) is 6.02. The fourth-order valence-electron chi connectivity index (χ4n) is 1.58. The van der Waals surface area contributed by atoms with Gasteiger partial charge >= 0.3 is 5.69 Å². The van der Waals surface area contributed by atoms with Crippen LogP contribution in [0.4, 0.5) is 4.39 Å². The average Bonchev–Trinajstić information content (AvgIpc) is 2.80. The first-order valence-electron chi connectivity index (χ1n) is 6.02. The highest BCUT2D eigenvalue weighted by atomic mass is 19.1. The van der Waals surface area contributed by atoms with E-state index in [-0.39, 0.29) is 17.9 Å². The lowest BCUT2D eigenvalue weighted by molar-refractivity contribution is 0.119. The van der Waals surface area contributed by atoms with Crippen LogP contribution in [-0.4, -0.2) is 32.8 Å². The molecule has 0 saturated carbocycles. The van der Waals surface area contributed by atoms with E-state index in [1.165, 1.54) is 26.3 Å². The minimum Gasteiger partial charge on any atom is -0.482 e. The summed E-state index contributed by atoms with van der Waals surface area (Å²) in [5.74, 6) is -0.236. The number of rotatable bonds is 4. The van der Waals surface area contributed by atoms with Crippen LogP contribution in [0.5, 0.6) is 0 Å². The van der Waals surface area contributed by atoms with Gasteiger partial charge < -0.3 is 9.57 Å². The largest absolute Gasteiger partial charge is 0.482 e. The van der Waals surface area contributed by atoms with Crippen LogP contribution in [0.1, 0.15) is 12.5 Å². The average molecular weight is 295 g/mol. The van der Waals surface area contributed by atoms with Gasteiger partial charge in [0.05, 0.1) is 18.4 Å². The van der Waals surface area contributed by atoms with E-state index in [9.17, 15) is 9.18 Å². The lowest BCUT2D eigenvalue weighted by atomic mass is 10.2. The summed E-state index contributed by atoms with van der Waals surface area (Å²) in [6.45, 7) is 1.42. The van der Waals surface area contributed by atoms with Crippen molar-refractivity contribution in [2.24, 2.45) is 12.2 Å². The smallest absolute Gasteiger partial charge is 0.368 e. The molecule has 0 aliphatic carbocycles. The molecule has 0 atom stereocenters. The van der Waals surface area contributed by atoms with Crippen LogP contribution >= 0.6 is 0 Å². The Balaban J connectivity index is 2.37. The third kappa shape index (κ3) is 3.07. The second-order valence-corrected chi connectivity index (χ2v) is 4.12. The fourth-order valence-corrected chi connectivity index (χ4v) is 1.58. The maximum atomic E-state index is 14.0. The normalized spacial score (nSPS) is 11.5. The van der Waals surface area contributed by atoms with Crippen LogP contribution in [0.15, 0.2) is 28.1 Å². The van der Waals surface area contributed by atoms with Crippen LogP contribution in [-0.2, 0) is 23.2 Å². The predicted octanol–water partition coefficient (Wildman–Crippen LogP) is 0.601. The number of hydrogen-bond acceptors (Lipinski definition) is 6. The molecule has 2 aromatic rings. The summed E-state index contributed by atoms with van der Waals surface area (Å²) in [5.41, 5.74) is -0.0930. The molecule has 0 fully saturated rings. The number of nitrogens with zero attached hydrogens (tertiary/aromatic N) is 5. The molecule has 1 aromatic heterocycles. The number of tetrazole rings is 1. The van der Waals surface area contributed by atoms with E-state index in [4.69, 9.17) is 9.57 Å². The van der Waals surface area contributed by atoms with Gasteiger partial charge in [-0.1, -0.05) is 11.2 Å². The first-order chi connectivity index (χ1) is 10.0. The van der Waals surface area contributed by atoms with E-state index >= 15 is 0 Å². The standard InChI is InChI=1S/C12H14FN5O3/c1-8(20-3)14-21-7-9-10(13)5-4-6-11(9)18-12(19)17(2)15-16-18/h4-6H,7H2,1-3H3. The molecule has 0 bridgehead atoms. The van der Waals surface area contributed by atoms with Gasteiger partial charge in [0.2, 0.25) is 5.90 Å². The summed E-state index contributed by atoms with van der Waals surface area (Å²) in [5, 5.41) is 10.9. The molecular weight excluding hydrogens is 281 g/mol. The summed E-state index contributed by atoms with van der Waals surface area (Å²) < 4.78 is 20.8. The number of benzene rings is 1. The van der Waals surface area contributed by atoms with Crippen molar-refractivity contribution in [2.45, 2.75) is 13.5 Å². The quantitative estimate of drug-likeness (QED) is 0.468. The zero-order chi connectivity index (χ0) is 15.4. The third-order valence-corrected chi connectivity index (χ3v) is 2.74. The van der Waals surface area contributed by atoms with Gasteiger partial charge in [-0.05, 0) is 22.6 Å². The van der Waals surface area contributed by atoms with Gasteiger partial charge in [0, 0.05) is 14.0 Å². The summed E-state index contributed by atoms with van der Waals surface area (Å²) >= 11 is 0. The Morgan fingerprint density at radius 3 is 2.81 bits per heavy atom. The second kappa shape index (κ2) is 6.16. The molecule has 112 valence electrons. The molecule has 0 saturated heterocycles. The Morgan fingerprint density at radius 1 is 1.43 bits per heavy atom. The van der Waals surface area contributed by atoms with Crippen LogP contribution < -0.4 is 5.69 Å². The molecule has 0 aliphatic heterocycles. The summed E-state index contributed by atoms with van der Waals surface area (Å²) in [6.07, 6.45) is 0. The van der Waals surface area contributed by atoms with Crippen LogP contribution in [0, 0.1) is 5.82 Å². The van der Waals surface area contributed by atoms with Gasteiger partial charge in [-0.3, -0.25) is 0 Å². The number of aryl methyl sites for hydroxylation is 1. The van der Waals surface area contributed by atoms with Crippen molar-refractivity contribution in [3.63, 3.8) is 0 Å². The van der Waals surface area contributed by atoms with E-state index in [1.807, 2.05) is 0 Å². The molecule has 21 heavy (non-hydrogen) atoms. The van der Waals surface area contributed by atoms with E-state index in [0.29, 0.717) is 5.90 Å². The Morgan fingerprint density at radius 2 is 2.19 bits per heavy atom. The van der Waals surface area contributed by atoms with Crippen LogP contribution in [0.2, 0.25) is 0 Å². The molecule has 1 heterocycles. The third-order valence-electron chi connectivity index (χ3n) is 2.74. The Labute approximate surface area is 119 Å². The highest BCUT2D eigenvalue weighted by Gasteiger charge is 2.15. The van der Waals surface area contributed by atoms with Gasteiger partial charge in [-0.2, -0.15) is 9.36 Å². The lowest BCUT2D eigenvalue weighted by Gasteiger charge is -2.08. The zero-order valence-electron chi connectivity index (χ0n) is 11.8. The Hall–Kier alpha value is -2.71. The second-order valence-electron chi connectivity index (χ2n) is 4.12. The molecule has 9 heteroatoms. The van der Waals surface area contributed by atoms with E-state index in [1.54, 1.807) is 13.0 Å². The van der Waals surface area contributed by atoms with Gasteiger partial charge in [0.25, 0.3) is 0 Å². The topological polar surface area (TPSA) is 83.5 Å². The number of aromatic nitrogens is 4. The predicted molar refractivity (Wildman–Crippen MR) is 71.5 cm³/mol. The Bertz CT molecular complexity index is 722. The highest BCUT2D eigenvalue weighted by molar-refractivity contribution is 5.72. The van der Waals surface area contributed by atoms with Gasteiger partial charge in [-0.15, -0.1) is 0 Å². The van der Waals surface area contributed by atoms with Crippen molar-refractivity contribution < 1.29 is 14.0 Å². The van der Waals surface area contributed by atoms with Gasteiger partial charge in [0.1, 0.15) is 12.4 Å². The van der Waals surface area contributed by atoms with E-state index in [2.05, 4.69) is 15.6 Å². The monoisotopic (exact) mass is 295 g/mol. The summed E-state index contributed by atoms with van der Waals surface area (Å²) in [7, 11) is 2.89. The lowest BCUT2D eigenvalue weighted by Crippen LogP contribution is -2.23. The van der Waals surface area contributed by atoms with Gasteiger partial charge in [-0.25, -0.2) is 9.18 Å². The highest BCUT2D eigenvalue weighted by Crippen LogP contribution is 2.17. The van der Waals surface area contributed by atoms with Crippen molar-refractivity contribution in [1.29, 1.82) is 0 Å². The number of ether oxygens (including phenoxy) is 1. The van der Waals surface area contributed by atoms with Crippen molar-refractivity contribution in [3.05, 3.63) is 40.1 Å². The minimum atomic E-state index is -0.532. The summed E-state index contributed by atoms with van der Waals surface area (Å²) in [6, 6.07) is 4.28. The minimum absolute atomic E-state index is 0.146. The molecule has 2 rings (SSSR count). The van der Waals surface area contributed by atoms with Crippen LogP contribution in [0.25, 0.3) is 5.69 Å². The Kier molecular flexibility index (Phi) is 4.31. The van der Waals surface area contributed by atoms with Crippen molar-refractivity contribution >= 4 is 5.90 Å². The van der Waals surface area contributed by atoms with E-state index in [0.717, 1.165) is 9.36 Å². The SMILES string of the molecule is COC(C)=NOCc1c(F)cccc1-n1nnn(C)c1=O. The van der Waals surface area contributed by atoms with Gasteiger partial charge in [0.15, 0.2) is 0 Å². The molecule has 1 aromatic carbocycles. The molecule has 0 aliphatic rings. The number of methoxy groups -OCH3 is 1. The maximum Gasteiger partial charge on any atom is 0.368 e. The molecular formula is C12H14FN5O3. The van der Waals surface area contributed by atoms with Crippen molar-refractivity contribution in [2.75, 3.05) is 7.11 Å². The molecule has 0 N–H and O–H groups in total. The first kappa shape index (κ1) is 14.7. The molecule has 0 unspecified atom stereocenters. The van der Waals surface area contributed by atoms with Crippen molar-refractivity contribution in [3.8, 4) is 5.69 Å². The maximum absolute atomic E-state index is 14.0. The zero-order valence-corrected chi connectivity index (χ0v) is 11.8. The van der Waals surface area contributed by atoms with Crippen molar-refractivity contribution in [1.82, 2.24) is 19.8 Å². The summed E-state index contributed by atoms with van der Waals surface area (Å²) in [4.78, 5) is 16.9. The number of halogens is 1. The van der Waals surface area contributed by atoms with E-state index < -0.39 is 11.5 Å². The molecule has 0 spiro atoms.